The van der Waals surface area contributed by atoms with E-state index < -0.39 is 5.97 Å². The molecular weight excluding hydrogens is 220 g/mol. The average molecular weight is 232 g/mol. The molecule has 1 aromatic carbocycles. The Bertz CT molecular complexity index is 490. The zero-order valence-electron chi connectivity index (χ0n) is 9.08. The van der Waals surface area contributed by atoms with Gasteiger partial charge in [-0.3, -0.25) is 0 Å². The highest BCUT2D eigenvalue weighted by Crippen LogP contribution is 2.19. The molecule has 3 N–H and O–H groups in total. The molecule has 0 amide bonds. The largest absolute Gasteiger partial charge is 0.478 e. The summed E-state index contributed by atoms with van der Waals surface area (Å²) in [6.07, 6.45) is 3.90. The van der Waals surface area contributed by atoms with E-state index in [0.29, 0.717) is 24.2 Å². The number of anilines is 1. The molecule has 17 heavy (non-hydrogen) atoms. The van der Waals surface area contributed by atoms with Crippen LogP contribution in [0.5, 0.6) is 0 Å². The Hall–Kier alpha value is -2.46. The zero-order valence-corrected chi connectivity index (χ0v) is 9.08. The summed E-state index contributed by atoms with van der Waals surface area (Å²) >= 11 is 0. The first-order chi connectivity index (χ1) is 8.16. The minimum atomic E-state index is -1.02. The van der Waals surface area contributed by atoms with Gasteiger partial charge in [0.2, 0.25) is 0 Å². The number of hydrogen-bond acceptors (Lipinski definition) is 3. The van der Waals surface area contributed by atoms with Crippen LogP contribution in [0.2, 0.25) is 0 Å². The maximum absolute atomic E-state index is 11.0. The molecule has 0 radical (unpaired) electrons. The maximum Gasteiger partial charge on any atom is 0.336 e. The minimum absolute atomic E-state index is 0.157. The molecule has 0 saturated heterocycles. The fourth-order valence-electron chi connectivity index (χ4n) is 1.33. The van der Waals surface area contributed by atoms with Crippen molar-refractivity contribution in [3.05, 3.63) is 45.8 Å². The molecule has 0 fully saturated rings. The van der Waals surface area contributed by atoms with Gasteiger partial charge < -0.3 is 10.8 Å². The highest BCUT2D eigenvalue weighted by molar-refractivity contribution is 5.94. The van der Waals surface area contributed by atoms with E-state index in [9.17, 15) is 4.79 Å². The van der Waals surface area contributed by atoms with Crippen molar-refractivity contribution >= 4 is 17.7 Å². The molecule has 0 atom stereocenters. The molecular formula is C11H12N4O2. The molecule has 6 heteroatoms. The molecule has 0 saturated carbocycles. The van der Waals surface area contributed by atoms with E-state index in [1.807, 2.05) is 0 Å². The number of azide groups is 1. The van der Waals surface area contributed by atoms with Gasteiger partial charge in [0.15, 0.2) is 0 Å². The van der Waals surface area contributed by atoms with Crippen molar-refractivity contribution in [2.45, 2.75) is 6.42 Å². The number of carboxylic acids is 1. The van der Waals surface area contributed by atoms with E-state index in [4.69, 9.17) is 16.4 Å². The van der Waals surface area contributed by atoms with Crippen molar-refractivity contribution < 1.29 is 9.90 Å². The summed E-state index contributed by atoms with van der Waals surface area (Å²) in [5, 5.41) is 12.3. The normalized spacial score (nSPS) is 10.1. The molecule has 0 aromatic heterocycles. The molecule has 0 bridgehead atoms. The lowest BCUT2D eigenvalue weighted by Gasteiger charge is -2.04. The van der Waals surface area contributed by atoms with Crippen molar-refractivity contribution in [3.8, 4) is 0 Å². The average Bonchev–Trinajstić information content (AvgIpc) is 2.30. The van der Waals surface area contributed by atoms with E-state index in [1.165, 1.54) is 6.07 Å². The van der Waals surface area contributed by atoms with Gasteiger partial charge in [-0.1, -0.05) is 23.3 Å². The molecule has 0 aliphatic carbocycles. The fraction of sp³-hybridized carbons (Fsp3) is 0.182. The van der Waals surface area contributed by atoms with Crippen molar-refractivity contribution in [1.82, 2.24) is 0 Å². The lowest BCUT2D eigenvalue weighted by atomic mass is 10.0. The maximum atomic E-state index is 11.0. The predicted molar refractivity (Wildman–Crippen MR) is 65.5 cm³/mol. The van der Waals surface area contributed by atoms with Gasteiger partial charge in [0.05, 0.1) is 5.56 Å². The topological polar surface area (TPSA) is 112 Å². The molecule has 88 valence electrons. The summed E-state index contributed by atoms with van der Waals surface area (Å²) in [6.45, 7) is 0.335. The first-order valence-corrected chi connectivity index (χ1v) is 4.96. The van der Waals surface area contributed by atoms with Gasteiger partial charge in [-0.15, -0.1) is 0 Å². The summed E-state index contributed by atoms with van der Waals surface area (Å²) in [6, 6.07) is 4.72. The van der Waals surface area contributed by atoms with Crippen LogP contribution in [0.25, 0.3) is 16.5 Å². The first-order valence-electron chi connectivity index (χ1n) is 4.96. The molecule has 0 aliphatic rings. The second-order valence-corrected chi connectivity index (χ2v) is 3.26. The van der Waals surface area contributed by atoms with Crippen LogP contribution in [0.1, 0.15) is 22.3 Å². The monoisotopic (exact) mass is 232 g/mol. The Morgan fingerprint density at radius 3 is 3.00 bits per heavy atom. The van der Waals surface area contributed by atoms with Crippen molar-refractivity contribution in [2.75, 3.05) is 12.3 Å². The van der Waals surface area contributed by atoms with E-state index >= 15 is 0 Å². The number of rotatable bonds is 5. The molecule has 0 heterocycles. The lowest BCUT2D eigenvalue weighted by Crippen LogP contribution is -2.02. The Labute approximate surface area is 98.0 Å². The highest BCUT2D eigenvalue weighted by atomic mass is 16.4. The smallest absolute Gasteiger partial charge is 0.336 e. The Kier molecular flexibility index (Phi) is 4.59. The molecule has 6 nitrogen and oxygen atoms in total. The standard InChI is InChI=1S/C11H12N4O2/c12-10-6-3-5-9(11(16)17)8(10)4-1-2-7-14-15-13/h1,3-6H,2,7,12H2,(H,16,17). The summed E-state index contributed by atoms with van der Waals surface area (Å²) in [4.78, 5) is 13.6. The lowest BCUT2D eigenvalue weighted by molar-refractivity contribution is 0.0696. The first kappa shape index (κ1) is 12.6. The molecule has 0 spiro atoms. The van der Waals surface area contributed by atoms with Gasteiger partial charge in [0.1, 0.15) is 0 Å². The summed E-state index contributed by atoms with van der Waals surface area (Å²) < 4.78 is 0. The van der Waals surface area contributed by atoms with Gasteiger partial charge in [0.25, 0.3) is 0 Å². The number of hydrogen-bond donors (Lipinski definition) is 2. The van der Waals surface area contributed by atoms with E-state index in [0.717, 1.165) is 0 Å². The van der Waals surface area contributed by atoms with Gasteiger partial charge in [0, 0.05) is 22.7 Å². The SMILES string of the molecule is [N-]=[N+]=NCCC=Cc1c(N)cccc1C(=O)O. The summed E-state index contributed by atoms with van der Waals surface area (Å²) in [5.74, 6) is -1.02. The molecule has 0 unspecified atom stereocenters. The van der Waals surface area contributed by atoms with Crippen LogP contribution >= 0.6 is 0 Å². The number of nitrogens with two attached hydrogens (primary N) is 1. The van der Waals surface area contributed by atoms with Crippen LogP contribution in [0.15, 0.2) is 29.4 Å². The minimum Gasteiger partial charge on any atom is -0.478 e. The Morgan fingerprint density at radius 1 is 1.59 bits per heavy atom. The number of benzene rings is 1. The van der Waals surface area contributed by atoms with Gasteiger partial charge >= 0.3 is 5.97 Å². The number of nitrogens with zero attached hydrogens (tertiary/aromatic N) is 3. The predicted octanol–water partition coefficient (Wildman–Crippen LogP) is 2.68. The Balaban J connectivity index is 2.89. The number of carboxylic acid groups (broad SMARTS) is 1. The third-order valence-corrected chi connectivity index (χ3v) is 2.11. The second-order valence-electron chi connectivity index (χ2n) is 3.26. The number of nitrogen functional groups attached to an aromatic ring is 1. The fourth-order valence-corrected chi connectivity index (χ4v) is 1.33. The van der Waals surface area contributed by atoms with Crippen molar-refractivity contribution in [2.24, 2.45) is 5.11 Å². The molecule has 1 rings (SSSR count). The van der Waals surface area contributed by atoms with Crippen molar-refractivity contribution in [1.29, 1.82) is 0 Å². The van der Waals surface area contributed by atoms with Crippen LogP contribution in [-0.2, 0) is 0 Å². The van der Waals surface area contributed by atoms with E-state index in [1.54, 1.807) is 24.3 Å². The zero-order chi connectivity index (χ0) is 12.7. The van der Waals surface area contributed by atoms with Crippen molar-refractivity contribution in [3.63, 3.8) is 0 Å². The van der Waals surface area contributed by atoms with Crippen LogP contribution in [-0.4, -0.2) is 17.6 Å². The summed E-state index contributed by atoms with van der Waals surface area (Å²) in [7, 11) is 0. The van der Waals surface area contributed by atoms with Crippen LogP contribution < -0.4 is 5.73 Å². The Morgan fingerprint density at radius 2 is 2.35 bits per heavy atom. The van der Waals surface area contributed by atoms with Gasteiger partial charge in [-0.05, 0) is 24.1 Å². The van der Waals surface area contributed by atoms with E-state index in [2.05, 4.69) is 10.0 Å². The molecule has 0 aliphatic heterocycles. The second kappa shape index (κ2) is 6.19. The summed E-state index contributed by atoms with van der Waals surface area (Å²) in [5.41, 5.74) is 14.8. The van der Waals surface area contributed by atoms with Gasteiger partial charge in [-0.25, -0.2) is 4.79 Å². The molecule has 1 aromatic rings. The van der Waals surface area contributed by atoms with Crippen LogP contribution in [0.4, 0.5) is 5.69 Å². The van der Waals surface area contributed by atoms with E-state index in [-0.39, 0.29) is 5.56 Å². The number of carbonyl (C=O) groups is 1. The number of aromatic carboxylic acids is 1. The highest BCUT2D eigenvalue weighted by Gasteiger charge is 2.09. The third-order valence-electron chi connectivity index (χ3n) is 2.11. The van der Waals surface area contributed by atoms with Crippen LogP contribution in [0, 0.1) is 0 Å². The quantitative estimate of drug-likeness (QED) is 0.267. The van der Waals surface area contributed by atoms with Gasteiger partial charge in [-0.2, -0.15) is 0 Å². The third kappa shape index (κ3) is 3.55. The van der Waals surface area contributed by atoms with Crippen LogP contribution in [0.3, 0.4) is 0 Å².